The number of carboxylic acids is 3. The van der Waals surface area contributed by atoms with Gasteiger partial charge in [0.2, 0.25) is 0 Å². The van der Waals surface area contributed by atoms with Gasteiger partial charge in [0.15, 0.2) is 0 Å². The quantitative estimate of drug-likeness (QED) is 0.603. The summed E-state index contributed by atoms with van der Waals surface area (Å²) in [5, 5.41) is 26.4. The van der Waals surface area contributed by atoms with Crippen LogP contribution in [0.4, 0.5) is 0 Å². The van der Waals surface area contributed by atoms with E-state index in [-0.39, 0.29) is 0 Å². The third-order valence-electron chi connectivity index (χ3n) is 2.10. The van der Waals surface area contributed by atoms with Crippen LogP contribution in [-0.2, 0) is 14.4 Å². The molecule has 3 N–H and O–H groups in total. The number of nitrogens with zero attached hydrogens (tertiary/aromatic N) is 1. The van der Waals surface area contributed by atoms with Crippen LogP contribution in [0.3, 0.4) is 0 Å². The second-order valence-corrected chi connectivity index (χ2v) is 4.80. The second kappa shape index (κ2) is 5.62. The van der Waals surface area contributed by atoms with E-state index in [1.54, 1.807) is 20.8 Å². The zero-order valence-electron chi connectivity index (χ0n) is 10.0. The van der Waals surface area contributed by atoms with E-state index in [9.17, 15) is 14.4 Å². The van der Waals surface area contributed by atoms with Crippen molar-refractivity contribution in [3.8, 4) is 0 Å². The lowest BCUT2D eigenvalue weighted by Gasteiger charge is -2.35. The normalized spacial score (nSPS) is 13.4. The average molecular weight is 247 g/mol. The standard InChI is InChI=1S/C10H17NO6/c1-10(2,3)8(9(16)17)11(4-6(12)13)5-7(14)15/h8H,4-5H2,1-3H3,(H,12,13)(H,14,15)(H,16,17). The minimum Gasteiger partial charge on any atom is -0.480 e. The van der Waals surface area contributed by atoms with Crippen molar-refractivity contribution in [2.45, 2.75) is 26.8 Å². The van der Waals surface area contributed by atoms with Gasteiger partial charge in [-0.2, -0.15) is 0 Å². The summed E-state index contributed by atoms with van der Waals surface area (Å²) in [6.07, 6.45) is 0. The Balaban J connectivity index is 5.14. The summed E-state index contributed by atoms with van der Waals surface area (Å²) in [5.41, 5.74) is -0.767. The first-order valence-electron chi connectivity index (χ1n) is 4.96. The fraction of sp³-hybridized carbons (Fsp3) is 0.700. The van der Waals surface area contributed by atoms with E-state index in [1.165, 1.54) is 0 Å². The maximum absolute atomic E-state index is 11.1. The van der Waals surface area contributed by atoms with Gasteiger partial charge in [0, 0.05) is 0 Å². The molecule has 0 spiro atoms. The first-order chi connectivity index (χ1) is 7.55. The molecule has 0 heterocycles. The van der Waals surface area contributed by atoms with Crippen LogP contribution >= 0.6 is 0 Å². The lowest BCUT2D eigenvalue weighted by molar-refractivity contribution is -0.153. The lowest BCUT2D eigenvalue weighted by atomic mass is 9.85. The zero-order valence-corrected chi connectivity index (χ0v) is 10.0. The molecule has 0 aromatic rings. The predicted molar refractivity (Wildman–Crippen MR) is 57.7 cm³/mol. The van der Waals surface area contributed by atoms with E-state index >= 15 is 0 Å². The molecular weight excluding hydrogens is 230 g/mol. The van der Waals surface area contributed by atoms with E-state index in [1.807, 2.05) is 0 Å². The van der Waals surface area contributed by atoms with Crippen molar-refractivity contribution in [2.75, 3.05) is 13.1 Å². The van der Waals surface area contributed by atoms with Gasteiger partial charge in [-0.15, -0.1) is 0 Å². The summed E-state index contributed by atoms with van der Waals surface area (Å²) in [5.74, 6) is -3.76. The van der Waals surface area contributed by atoms with Crippen molar-refractivity contribution in [1.29, 1.82) is 0 Å². The summed E-state index contributed by atoms with van der Waals surface area (Å²) < 4.78 is 0. The molecule has 0 bridgehead atoms. The van der Waals surface area contributed by atoms with Crippen molar-refractivity contribution in [1.82, 2.24) is 4.90 Å². The Kier molecular flexibility index (Phi) is 5.09. The summed E-state index contributed by atoms with van der Waals surface area (Å²) in [4.78, 5) is 33.3. The van der Waals surface area contributed by atoms with Gasteiger partial charge in [0.1, 0.15) is 6.04 Å². The minimum absolute atomic E-state index is 0.624. The topological polar surface area (TPSA) is 115 Å². The molecular formula is C10H17NO6. The first kappa shape index (κ1) is 15.4. The van der Waals surface area contributed by atoms with Gasteiger partial charge in [0.25, 0.3) is 0 Å². The fourth-order valence-corrected chi connectivity index (χ4v) is 1.66. The van der Waals surface area contributed by atoms with Crippen molar-refractivity contribution >= 4 is 17.9 Å². The van der Waals surface area contributed by atoms with Gasteiger partial charge >= 0.3 is 17.9 Å². The summed E-state index contributed by atoms with van der Waals surface area (Å²) in [6, 6.07) is -1.17. The van der Waals surface area contributed by atoms with Crippen LogP contribution in [0, 0.1) is 5.41 Å². The summed E-state index contributed by atoms with van der Waals surface area (Å²) in [7, 11) is 0. The Bertz CT molecular complexity index is 303. The number of hydrogen-bond donors (Lipinski definition) is 3. The maximum atomic E-state index is 11.1. The first-order valence-corrected chi connectivity index (χ1v) is 4.96. The molecule has 7 heteroatoms. The van der Waals surface area contributed by atoms with E-state index in [0.717, 1.165) is 4.90 Å². The highest BCUT2D eigenvalue weighted by atomic mass is 16.4. The average Bonchev–Trinajstić information content (AvgIpc) is 1.95. The molecule has 0 saturated heterocycles. The number of carboxylic acid groups (broad SMARTS) is 3. The molecule has 0 fully saturated rings. The highest BCUT2D eigenvalue weighted by Crippen LogP contribution is 2.24. The van der Waals surface area contributed by atoms with E-state index in [4.69, 9.17) is 15.3 Å². The van der Waals surface area contributed by atoms with E-state index in [0.29, 0.717) is 0 Å². The molecule has 1 unspecified atom stereocenters. The van der Waals surface area contributed by atoms with Gasteiger partial charge in [-0.3, -0.25) is 19.3 Å². The van der Waals surface area contributed by atoms with Crippen LogP contribution in [0.2, 0.25) is 0 Å². The Hall–Kier alpha value is -1.63. The number of aliphatic carboxylic acids is 3. The largest absolute Gasteiger partial charge is 0.480 e. The molecule has 0 aromatic heterocycles. The molecule has 0 aromatic carbocycles. The Morgan fingerprint density at radius 1 is 1.00 bits per heavy atom. The van der Waals surface area contributed by atoms with Crippen molar-refractivity contribution in [3.05, 3.63) is 0 Å². The number of hydrogen-bond acceptors (Lipinski definition) is 4. The third-order valence-corrected chi connectivity index (χ3v) is 2.10. The van der Waals surface area contributed by atoms with E-state index < -0.39 is 42.5 Å². The van der Waals surface area contributed by atoms with Gasteiger partial charge in [0.05, 0.1) is 13.1 Å². The van der Waals surface area contributed by atoms with Crippen molar-refractivity contribution in [2.24, 2.45) is 5.41 Å². The smallest absolute Gasteiger partial charge is 0.321 e. The summed E-state index contributed by atoms with van der Waals surface area (Å²) >= 11 is 0. The molecule has 0 aliphatic heterocycles. The van der Waals surface area contributed by atoms with Gasteiger partial charge in [-0.25, -0.2) is 0 Å². The van der Waals surface area contributed by atoms with Crippen LogP contribution in [0.1, 0.15) is 20.8 Å². The molecule has 0 aliphatic rings. The monoisotopic (exact) mass is 247 g/mol. The molecule has 0 radical (unpaired) electrons. The molecule has 0 aliphatic carbocycles. The second-order valence-electron chi connectivity index (χ2n) is 4.80. The number of carbonyl (C=O) groups is 3. The van der Waals surface area contributed by atoms with Crippen LogP contribution in [0.5, 0.6) is 0 Å². The Labute approximate surface area is 98.7 Å². The van der Waals surface area contributed by atoms with Crippen LogP contribution in [0.15, 0.2) is 0 Å². The predicted octanol–water partition coefficient (Wildman–Crippen LogP) is -0.0431. The maximum Gasteiger partial charge on any atom is 0.321 e. The highest BCUT2D eigenvalue weighted by molar-refractivity contribution is 5.78. The molecule has 17 heavy (non-hydrogen) atoms. The molecule has 0 amide bonds. The lowest BCUT2D eigenvalue weighted by Crippen LogP contribution is -2.52. The molecule has 1 atom stereocenters. The van der Waals surface area contributed by atoms with Crippen LogP contribution < -0.4 is 0 Å². The molecule has 0 rings (SSSR count). The number of rotatable bonds is 6. The summed E-state index contributed by atoms with van der Waals surface area (Å²) in [6.45, 7) is 3.59. The molecule has 98 valence electrons. The van der Waals surface area contributed by atoms with Gasteiger partial charge < -0.3 is 15.3 Å². The van der Waals surface area contributed by atoms with Crippen molar-refractivity contribution in [3.63, 3.8) is 0 Å². The van der Waals surface area contributed by atoms with Gasteiger partial charge in [-0.05, 0) is 5.41 Å². The molecule has 7 nitrogen and oxygen atoms in total. The van der Waals surface area contributed by atoms with E-state index in [2.05, 4.69) is 0 Å². The Morgan fingerprint density at radius 2 is 1.35 bits per heavy atom. The fourth-order valence-electron chi connectivity index (χ4n) is 1.66. The van der Waals surface area contributed by atoms with Crippen LogP contribution in [-0.4, -0.2) is 57.3 Å². The van der Waals surface area contributed by atoms with Crippen molar-refractivity contribution < 1.29 is 29.7 Å². The molecule has 0 saturated carbocycles. The SMILES string of the molecule is CC(C)(C)C(C(=O)O)N(CC(=O)O)CC(=O)O. The third kappa shape index (κ3) is 5.30. The van der Waals surface area contributed by atoms with Crippen LogP contribution in [0.25, 0.3) is 0 Å². The zero-order chi connectivity index (χ0) is 13.8. The van der Waals surface area contributed by atoms with Gasteiger partial charge in [-0.1, -0.05) is 20.8 Å². The Morgan fingerprint density at radius 3 is 1.53 bits per heavy atom. The minimum atomic E-state index is -1.26. The highest BCUT2D eigenvalue weighted by Gasteiger charge is 2.38.